The van der Waals surface area contributed by atoms with E-state index in [9.17, 15) is 9.59 Å². The molecule has 1 atom stereocenters. The summed E-state index contributed by atoms with van der Waals surface area (Å²) in [6.45, 7) is 9.19. The van der Waals surface area contributed by atoms with Crippen LogP contribution in [0.2, 0.25) is 0 Å². The van der Waals surface area contributed by atoms with Gasteiger partial charge in [0.2, 0.25) is 5.44 Å². The summed E-state index contributed by atoms with van der Waals surface area (Å²) in [6.07, 6.45) is 9.17. The molecule has 0 fully saturated rings. The molecule has 0 saturated heterocycles. The molecule has 2 aromatic carbocycles. The highest BCUT2D eigenvalue weighted by atomic mass is 32.2. The molecular formula is C25H27NO3S2. The summed E-state index contributed by atoms with van der Waals surface area (Å²) in [5.41, 5.74) is 0.231. The first-order valence-electron chi connectivity index (χ1n) is 9.58. The fourth-order valence-electron chi connectivity index (χ4n) is 2.98. The summed E-state index contributed by atoms with van der Waals surface area (Å²) in [6, 6.07) is 11.4. The molecule has 31 heavy (non-hydrogen) atoms. The normalized spacial score (nSPS) is 12.7. The predicted octanol–water partition coefficient (Wildman–Crippen LogP) is 5.18. The van der Waals surface area contributed by atoms with E-state index in [1.165, 1.54) is 30.4 Å². The molecule has 4 nitrogen and oxygen atoms in total. The Kier molecular flexibility index (Phi) is 8.43. The molecule has 0 saturated carbocycles. The number of Topliss-reactive ketones (excluding diaryl/α,β-unsaturated/α-hetero) is 1. The number of hydrogen-bond acceptors (Lipinski definition) is 5. The maximum Gasteiger partial charge on any atom is 0.272 e. The van der Waals surface area contributed by atoms with Gasteiger partial charge in [-0.1, -0.05) is 24.6 Å². The van der Waals surface area contributed by atoms with Crippen LogP contribution >= 0.6 is 23.5 Å². The van der Waals surface area contributed by atoms with Crippen molar-refractivity contribution in [1.82, 2.24) is 5.32 Å². The third-order valence-electron chi connectivity index (χ3n) is 4.78. The van der Waals surface area contributed by atoms with E-state index < -0.39 is 11.0 Å². The topological polar surface area (TPSA) is 55.4 Å². The van der Waals surface area contributed by atoms with E-state index in [0.29, 0.717) is 16.9 Å². The number of ketones is 1. The number of ether oxygens (including phenoxy) is 1. The third-order valence-corrected chi connectivity index (χ3v) is 5.99. The van der Waals surface area contributed by atoms with Gasteiger partial charge in [0.25, 0.3) is 5.91 Å². The molecule has 0 radical (unpaired) electrons. The van der Waals surface area contributed by atoms with Crippen LogP contribution in [-0.4, -0.2) is 35.2 Å². The zero-order chi connectivity index (χ0) is 23.2. The Labute approximate surface area is 192 Å². The molecule has 0 aliphatic rings. The van der Waals surface area contributed by atoms with Crippen LogP contribution < -0.4 is 10.1 Å². The second-order valence-corrected chi connectivity index (χ2v) is 9.08. The van der Waals surface area contributed by atoms with Crippen molar-refractivity contribution in [1.29, 1.82) is 0 Å². The van der Waals surface area contributed by atoms with Gasteiger partial charge < -0.3 is 10.1 Å². The first-order chi connectivity index (χ1) is 14.6. The standard InChI is InChI=1S/C25H27NO3S2/c1-8-18-9-10-19-11-12-21(14-20(19)13-18)29-24(31-7)23(28)26-25(4,5)16(2)22(15-30-6)17(3)27/h1,9-15,24H,2H2,3-7H3,(H,26,28)/b22-15+. The van der Waals surface area contributed by atoms with Gasteiger partial charge in [-0.05, 0) is 79.3 Å². The van der Waals surface area contributed by atoms with Crippen LogP contribution in [-0.2, 0) is 9.59 Å². The molecule has 0 spiro atoms. The number of benzene rings is 2. The zero-order valence-electron chi connectivity index (χ0n) is 18.4. The molecule has 2 rings (SSSR count). The summed E-state index contributed by atoms with van der Waals surface area (Å²) >= 11 is 2.70. The molecule has 1 amide bonds. The smallest absolute Gasteiger partial charge is 0.272 e. The van der Waals surface area contributed by atoms with Crippen LogP contribution in [0.4, 0.5) is 0 Å². The number of hydrogen-bond donors (Lipinski definition) is 1. The van der Waals surface area contributed by atoms with E-state index in [1.807, 2.05) is 56.5 Å². The van der Waals surface area contributed by atoms with E-state index in [2.05, 4.69) is 17.8 Å². The van der Waals surface area contributed by atoms with Crippen molar-refractivity contribution < 1.29 is 14.3 Å². The Bertz CT molecular complexity index is 1080. The lowest BCUT2D eigenvalue weighted by Gasteiger charge is -2.31. The molecule has 162 valence electrons. The number of thioether (sulfide) groups is 2. The SMILES string of the molecule is C#Cc1ccc2ccc(OC(SC)C(=O)NC(C)(C)C(=C)/C(=C\SC)C(C)=O)cc2c1. The Morgan fingerprint density at radius 2 is 1.87 bits per heavy atom. The molecule has 0 aliphatic carbocycles. The number of amides is 1. The lowest BCUT2D eigenvalue weighted by atomic mass is 9.88. The molecular weight excluding hydrogens is 426 g/mol. The van der Waals surface area contributed by atoms with Crippen LogP contribution in [0.5, 0.6) is 5.75 Å². The fourth-order valence-corrected chi connectivity index (χ4v) is 4.01. The maximum absolute atomic E-state index is 13.0. The van der Waals surface area contributed by atoms with Crippen molar-refractivity contribution in [3.63, 3.8) is 0 Å². The monoisotopic (exact) mass is 453 g/mol. The summed E-state index contributed by atoms with van der Waals surface area (Å²) in [7, 11) is 0. The quantitative estimate of drug-likeness (QED) is 0.245. The molecule has 1 N–H and O–H groups in total. The number of nitrogens with one attached hydrogen (secondary N) is 1. The average molecular weight is 454 g/mol. The van der Waals surface area contributed by atoms with Crippen LogP contribution in [0.1, 0.15) is 26.3 Å². The van der Waals surface area contributed by atoms with Crippen molar-refractivity contribution in [2.24, 2.45) is 0 Å². The van der Waals surface area contributed by atoms with Gasteiger partial charge in [0.15, 0.2) is 5.78 Å². The van der Waals surface area contributed by atoms with E-state index >= 15 is 0 Å². The van der Waals surface area contributed by atoms with E-state index in [-0.39, 0.29) is 11.7 Å². The highest BCUT2D eigenvalue weighted by Crippen LogP contribution is 2.27. The van der Waals surface area contributed by atoms with Crippen molar-refractivity contribution in [3.05, 3.63) is 65.1 Å². The number of carbonyl (C=O) groups excluding carboxylic acids is 2. The first-order valence-corrected chi connectivity index (χ1v) is 12.2. The molecule has 2 aromatic rings. The second-order valence-electron chi connectivity index (χ2n) is 7.47. The van der Waals surface area contributed by atoms with Crippen molar-refractivity contribution in [2.45, 2.75) is 31.7 Å². The highest BCUT2D eigenvalue weighted by molar-refractivity contribution is 8.01. The van der Waals surface area contributed by atoms with Gasteiger partial charge >= 0.3 is 0 Å². The molecule has 1 unspecified atom stereocenters. The molecule has 0 heterocycles. The lowest BCUT2D eigenvalue weighted by molar-refractivity contribution is -0.125. The Morgan fingerprint density at radius 3 is 2.45 bits per heavy atom. The fraction of sp³-hybridized carbons (Fsp3) is 0.280. The summed E-state index contributed by atoms with van der Waals surface area (Å²) < 4.78 is 5.97. The molecule has 0 aliphatic heterocycles. The predicted molar refractivity (Wildman–Crippen MR) is 133 cm³/mol. The van der Waals surface area contributed by atoms with Crippen LogP contribution in [0.15, 0.2) is 59.5 Å². The Balaban J connectivity index is 2.20. The van der Waals surface area contributed by atoms with Gasteiger partial charge in [-0.3, -0.25) is 9.59 Å². The minimum absolute atomic E-state index is 0.0955. The maximum atomic E-state index is 13.0. The molecule has 0 aromatic heterocycles. The minimum atomic E-state index is -0.827. The number of fused-ring (bicyclic) bond motifs is 1. The van der Waals surface area contributed by atoms with Gasteiger partial charge in [-0.25, -0.2) is 0 Å². The summed E-state index contributed by atoms with van der Waals surface area (Å²) in [5, 5.41) is 6.69. The van der Waals surface area contributed by atoms with Crippen molar-refractivity contribution in [3.8, 4) is 18.1 Å². The van der Waals surface area contributed by atoms with Crippen LogP contribution in [0, 0.1) is 12.3 Å². The molecule has 6 heteroatoms. The number of rotatable bonds is 9. The summed E-state index contributed by atoms with van der Waals surface area (Å²) in [4.78, 5) is 25.0. The second kappa shape index (κ2) is 10.6. The largest absolute Gasteiger partial charge is 0.470 e. The third kappa shape index (κ3) is 6.19. The van der Waals surface area contributed by atoms with Crippen molar-refractivity contribution >= 4 is 46.0 Å². The first kappa shape index (κ1) is 24.6. The Morgan fingerprint density at radius 1 is 1.19 bits per heavy atom. The van der Waals surface area contributed by atoms with E-state index in [0.717, 1.165) is 16.3 Å². The van der Waals surface area contributed by atoms with Gasteiger partial charge in [-0.2, -0.15) is 0 Å². The van der Waals surface area contributed by atoms with Gasteiger partial charge in [-0.15, -0.1) is 29.9 Å². The van der Waals surface area contributed by atoms with Gasteiger partial charge in [0.05, 0.1) is 5.54 Å². The molecule has 0 bridgehead atoms. The van der Waals surface area contributed by atoms with Crippen molar-refractivity contribution in [2.75, 3.05) is 12.5 Å². The van der Waals surface area contributed by atoms with Gasteiger partial charge in [0, 0.05) is 11.1 Å². The summed E-state index contributed by atoms with van der Waals surface area (Å²) in [5.74, 6) is 2.79. The lowest BCUT2D eigenvalue weighted by Crippen LogP contribution is -2.50. The zero-order valence-corrected chi connectivity index (χ0v) is 20.1. The van der Waals surface area contributed by atoms with E-state index in [1.54, 1.807) is 11.7 Å². The number of carbonyl (C=O) groups is 2. The van der Waals surface area contributed by atoms with E-state index in [4.69, 9.17) is 11.2 Å². The van der Waals surface area contributed by atoms with Gasteiger partial charge in [0.1, 0.15) is 5.75 Å². The van der Waals surface area contributed by atoms with Crippen LogP contribution in [0.3, 0.4) is 0 Å². The Hall–Kier alpha value is -2.62. The average Bonchev–Trinajstić information content (AvgIpc) is 2.73. The highest BCUT2D eigenvalue weighted by Gasteiger charge is 2.31. The minimum Gasteiger partial charge on any atom is -0.470 e. The number of terminal acetylenes is 1. The van der Waals surface area contributed by atoms with Crippen LogP contribution in [0.25, 0.3) is 10.8 Å².